The number of ether oxygens (including phenoxy) is 2. The van der Waals surface area contributed by atoms with Crippen molar-refractivity contribution < 1.29 is 18.5 Å². The standard InChI is InChI=1S/2C3H7O2.Al.Li.Na.3H/c2*1-5-3-2-4;;;;;;/h2*2-3H2,1H3;;;;;;/q2*-1;+3;;;;;-1. The molecule has 0 unspecified atom stereocenters. The summed E-state index contributed by atoms with van der Waals surface area (Å²) in [6.07, 6.45) is 0. The molecule has 0 saturated carbocycles. The van der Waals surface area contributed by atoms with E-state index in [2.05, 4.69) is 0 Å². The first-order valence-corrected chi connectivity index (χ1v) is 4.39. The minimum absolute atomic E-state index is 0. The van der Waals surface area contributed by atoms with Crippen molar-refractivity contribution in [2.75, 3.05) is 40.6 Å². The van der Waals surface area contributed by atoms with Crippen LogP contribution in [0.5, 0.6) is 0 Å². The molecule has 0 spiro atoms. The van der Waals surface area contributed by atoms with Gasteiger partial charge in [0.15, 0.2) is 0 Å². The predicted molar refractivity (Wildman–Crippen MR) is 56.8 cm³/mol. The Balaban J connectivity index is -0.000000167. The van der Waals surface area contributed by atoms with E-state index in [1.807, 2.05) is 0 Å². The molecule has 70 valence electrons. The van der Waals surface area contributed by atoms with Crippen molar-refractivity contribution >= 4 is 64.3 Å². The van der Waals surface area contributed by atoms with Crippen LogP contribution in [0.15, 0.2) is 0 Å². The van der Waals surface area contributed by atoms with Gasteiger partial charge in [-0.1, -0.05) is 0 Å². The van der Waals surface area contributed by atoms with Crippen molar-refractivity contribution in [1.82, 2.24) is 0 Å². The number of rotatable bonds is 8. The second-order valence-electron chi connectivity index (χ2n) is 1.82. The maximum atomic E-state index is 5.10. The van der Waals surface area contributed by atoms with Gasteiger partial charge < -0.3 is 1.43 Å². The van der Waals surface area contributed by atoms with Crippen LogP contribution in [0.3, 0.4) is 0 Å². The summed E-state index contributed by atoms with van der Waals surface area (Å²) in [7, 11) is 3.29. The van der Waals surface area contributed by atoms with Gasteiger partial charge in [-0.2, -0.15) is 0 Å². The zero-order valence-corrected chi connectivity index (χ0v) is 8.19. The van der Waals surface area contributed by atoms with Gasteiger partial charge in [0.1, 0.15) is 0 Å². The Hall–Kier alpha value is 1.97. The Bertz CT molecular complexity index is 78.9. The molecule has 0 saturated heterocycles. The average Bonchev–Trinajstić information content (AvgIpc) is 2.03. The molecule has 0 radical (unpaired) electrons. The van der Waals surface area contributed by atoms with Crippen molar-refractivity contribution in [2.24, 2.45) is 0 Å². The van der Waals surface area contributed by atoms with Crippen LogP contribution in [-0.4, -0.2) is 105 Å². The third-order valence-electron chi connectivity index (χ3n) is 0.947. The normalized spacial score (nSPS) is 8.15. The maximum absolute atomic E-state index is 5.10. The molecule has 0 amide bonds. The number of hydrogen-bond donors (Lipinski definition) is 0. The Morgan fingerprint density at radius 2 is 1.31 bits per heavy atom. The van der Waals surface area contributed by atoms with Gasteiger partial charge in [-0.25, -0.2) is 0 Å². The molecule has 0 aliphatic carbocycles. The van der Waals surface area contributed by atoms with Crippen LogP contribution in [0.2, 0.25) is 0 Å². The molecule has 4 nitrogen and oxygen atoms in total. The van der Waals surface area contributed by atoms with Crippen LogP contribution < -0.4 is 0 Å². The van der Waals surface area contributed by atoms with E-state index in [9.17, 15) is 0 Å². The molecule has 0 aromatic rings. The molecule has 0 heterocycles. The fraction of sp³-hybridized carbons (Fsp3) is 1.00. The molecule has 0 bridgehead atoms. The summed E-state index contributed by atoms with van der Waals surface area (Å²) >= 11 is -0.349. The van der Waals surface area contributed by atoms with E-state index in [-0.39, 0.29) is 65.7 Å². The van der Waals surface area contributed by atoms with E-state index in [0.717, 1.165) is 0 Å². The van der Waals surface area contributed by atoms with E-state index >= 15 is 0 Å². The number of hydrogen-bond acceptors (Lipinski definition) is 4. The van der Waals surface area contributed by atoms with E-state index in [0.29, 0.717) is 26.4 Å². The first kappa shape index (κ1) is 20.4. The summed E-state index contributed by atoms with van der Waals surface area (Å²) in [6.45, 7) is 2.47. The molecular weight excluding hydrogens is 193 g/mol. The molecular formula is C6H17AlLiNaO4. The van der Waals surface area contributed by atoms with Crippen molar-refractivity contribution in [2.45, 2.75) is 0 Å². The molecule has 0 aliphatic rings. The second kappa shape index (κ2) is 19.5. The van der Waals surface area contributed by atoms with Crippen molar-refractivity contribution in [3.63, 3.8) is 0 Å². The Morgan fingerprint density at radius 1 is 0.923 bits per heavy atom. The van der Waals surface area contributed by atoms with E-state index in [1.165, 1.54) is 0 Å². The van der Waals surface area contributed by atoms with Crippen molar-refractivity contribution in [3.05, 3.63) is 0 Å². The van der Waals surface area contributed by atoms with Gasteiger partial charge in [0.05, 0.1) is 0 Å². The third kappa shape index (κ3) is 20.1. The summed E-state index contributed by atoms with van der Waals surface area (Å²) < 4.78 is 19.8. The van der Waals surface area contributed by atoms with Gasteiger partial charge in [-0.15, -0.1) is 0 Å². The monoisotopic (exact) mass is 210 g/mol. The summed E-state index contributed by atoms with van der Waals surface area (Å²) in [5.74, 6) is 0. The summed E-state index contributed by atoms with van der Waals surface area (Å²) in [5, 5.41) is 0. The van der Waals surface area contributed by atoms with E-state index in [4.69, 9.17) is 17.1 Å². The van der Waals surface area contributed by atoms with Crippen LogP contribution in [0, 0.1) is 0 Å². The summed E-state index contributed by atoms with van der Waals surface area (Å²) in [5.41, 5.74) is 0. The van der Waals surface area contributed by atoms with E-state index in [1.54, 1.807) is 14.2 Å². The molecule has 0 atom stereocenters. The van der Waals surface area contributed by atoms with Gasteiger partial charge >= 0.3 is 122 Å². The first-order valence-electron chi connectivity index (χ1n) is 3.44. The zero-order valence-electron chi connectivity index (χ0n) is 8.04. The van der Waals surface area contributed by atoms with E-state index < -0.39 is 0 Å². The topological polar surface area (TPSA) is 36.9 Å². The fourth-order valence-corrected chi connectivity index (χ4v) is 0.888. The number of methoxy groups -OCH3 is 2. The van der Waals surface area contributed by atoms with Crippen molar-refractivity contribution in [1.29, 1.82) is 0 Å². The summed E-state index contributed by atoms with van der Waals surface area (Å²) in [6, 6.07) is 0. The molecule has 0 N–H and O–H groups in total. The molecule has 7 heteroatoms. The van der Waals surface area contributed by atoms with Gasteiger partial charge in [-0.3, -0.25) is 0 Å². The van der Waals surface area contributed by atoms with Crippen LogP contribution in [0.4, 0.5) is 0 Å². The summed E-state index contributed by atoms with van der Waals surface area (Å²) in [4.78, 5) is 0. The Kier molecular flexibility index (Phi) is 30.6. The van der Waals surface area contributed by atoms with Crippen LogP contribution in [0.1, 0.15) is 1.43 Å². The molecule has 0 aromatic carbocycles. The minimum atomic E-state index is -0.349. The Morgan fingerprint density at radius 3 is 1.62 bits per heavy atom. The molecule has 0 fully saturated rings. The molecule has 0 aliphatic heterocycles. The quantitative estimate of drug-likeness (QED) is 0.367. The van der Waals surface area contributed by atoms with Crippen LogP contribution in [-0.2, 0) is 17.1 Å². The van der Waals surface area contributed by atoms with Gasteiger partial charge in [0, 0.05) is 0 Å². The third-order valence-corrected chi connectivity index (χ3v) is 1.69. The van der Waals surface area contributed by atoms with Crippen LogP contribution in [0.25, 0.3) is 0 Å². The Labute approximate surface area is 122 Å². The SMILES string of the molecule is COCC[O][Al+][O]CCOC.[H-].[LiH].[NaH]. The molecule has 0 aromatic heterocycles. The average molecular weight is 210 g/mol. The van der Waals surface area contributed by atoms with Crippen molar-refractivity contribution in [3.8, 4) is 0 Å². The van der Waals surface area contributed by atoms with Crippen LogP contribution >= 0.6 is 0 Å². The predicted octanol–water partition coefficient (Wildman–Crippen LogP) is -1.34. The van der Waals surface area contributed by atoms with Gasteiger partial charge in [-0.05, 0) is 0 Å². The van der Waals surface area contributed by atoms with Gasteiger partial charge in [0.25, 0.3) is 0 Å². The molecule has 13 heavy (non-hydrogen) atoms. The fourth-order valence-electron chi connectivity index (χ4n) is 0.407. The van der Waals surface area contributed by atoms with Gasteiger partial charge in [0.2, 0.25) is 0 Å². The first-order chi connectivity index (χ1) is 5.41. The molecule has 0 rings (SSSR count). The second-order valence-corrected chi connectivity index (χ2v) is 2.68. The zero-order chi connectivity index (χ0) is 8.36.